The van der Waals surface area contributed by atoms with Gasteiger partial charge in [-0.2, -0.15) is 0 Å². The van der Waals surface area contributed by atoms with Crippen LogP contribution in [-0.2, 0) is 9.59 Å². The first-order valence-electron chi connectivity index (χ1n) is 6.52. The molecular weight excluding hydrogens is 242 g/mol. The number of unbranched alkanes of at least 4 members (excludes halogenated alkanes) is 2. The molecule has 0 aromatic heterocycles. The Balaban J connectivity index is 2.12. The van der Waals surface area contributed by atoms with Crippen molar-refractivity contribution in [2.24, 2.45) is 0 Å². The smallest absolute Gasteiger partial charge is 0.258 e. The van der Waals surface area contributed by atoms with E-state index in [-0.39, 0.29) is 11.8 Å². The number of rotatable bonds is 6. The third-order valence-corrected chi connectivity index (χ3v) is 2.92. The van der Waals surface area contributed by atoms with Crippen LogP contribution < -0.4 is 9.64 Å². The standard InChI is InChI=1S/C15H17NO3/c1-2-3-6-11-19-13-8-5-4-7-12(13)16-14(17)9-10-15(16)18/h4-5,7-10H,2-3,6,11H2,1H3. The van der Waals surface area contributed by atoms with E-state index in [1.807, 2.05) is 6.07 Å². The van der Waals surface area contributed by atoms with Gasteiger partial charge in [0, 0.05) is 12.2 Å². The van der Waals surface area contributed by atoms with E-state index in [9.17, 15) is 9.59 Å². The summed E-state index contributed by atoms with van der Waals surface area (Å²) in [6.45, 7) is 2.72. The maximum absolute atomic E-state index is 11.7. The summed E-state index contributed by atoms with van der Waals surface area (Å²) < 4.78 is 5.67. The van der Waals surface area contributed by atoms with Gasteiger partial charge in [-0.1, -0.05) is 31.9 Å². The molecule has 1 aliphatic rings. The topological polar surface area (TPSA) is 46.6 Å². The fourth-order valence-corrected chi connectivity index (χ4v) is 1.94. The van der Waals surface area contributed by atoms with Gasteiger partial charge < -0.3 is 4.74 Å². The summed E-state index contributed by atoms with van der Waals surface area (Å²) in [5.41, 5.74) is 0.513. The molecule has 0 saturated carbocycles. The first kappa shape index (κ1) is 13.3. The van der Waals surface area contributed by atoms with Gasteiger partial charge in [-0.25, -0.2) is 4.90 Å². The highest BCUT2D eigenvalue weighted by atomic mass is 16.5. The molecule has 0 fully saturated rings. The number of hydrogen-bond acceptors (Lipinski definition) is 3. The minimum atomic E-state index is -0.324. The van der Waals surface area contributed by atoms with Crippen LogP contribution >= 0.6 is 0 Å². The van der Waals surface area contributed by atoms with Gasteiger partial charge in [-0.15, -0.1) is 0 Å². The van der Waals surface area contributed by atoms with Crippen LogP contribution in [0.4, 0.5) is 5.69 Å². The molecule has 0 N–H and O–H groups in total. The second kappa shape index (κ2) is 6.18. The molecule has 0 atom stereocenters. The van der Waals surface area contributed by atoms with Crippen molar-refractivity contribution in [3.8, 4) is 5.75 Å². The summed E-state index contributed by atoms with van der Waals surface area (Å²) >= 11 is 0. The van der Waals surface area contributed by atoms with Crippen molar-refractivity contribution in [2.45, 2.75) is 26.2 Å². The van der Waals surface area contributed by atoms with Crippen LogP contribution in [0.5, 0.6) is 5.75 Å². The Morgan fingerprint density at radius 3 is 2.42 bits per heavy atom. The van der Waals surface area contributed by atoms with Crippen LogP contribution in [-0.4, -0.2) is 18.4 Å². The van der Waals surface area contributed by atoms with Crippen molar-refractivity contribution >= 4 is 17.5 Å². The Kier molecular flexibility index (Phi) is 4.34. The number of ether oxygens (including phenoxy) is 1. The lowest BCUT2D eigenvalue weighted by molar-refractivity contribution is -0.120. The molecule has 4 heteroatoms. The monoisotopic (exact) mass is 259 g/mol. The third kappa shape index (κ3) is 3.02. The first-order valence-corrected chi connectivity index (χ1v) is 6.52. The number of para-hydroxylation sites is 2. The molecule has 4 nitrogen and oxygen atoms in total. The zero-order valence-corrected chi connectivity index (χ0v) is 11.0. The maximum Gasteiger partial charge on any atom is 0.258 e. The van der Waals surface area contributed by atoms with Gasteiger partial charge in [0.05, 0.1) is 12.3 Å². The average Bonchev–Trinajstić information content (AvgIpc) is 2.75. The number of hydrogen-bond donors (Lipinski definition) is 0. The molecule has 2 rings (SSSR count). The summed E-state index contributed by atoms with van der Waals surface area (Å²) in [7, 11) is 0. The van der Waals surface area contributed by atoms with Crippen molar-refractivity contribution in [3.63, 3.8) is 0 Å². The maximum atomic E-state index is 11.7. The van der Waals surface area contributed by atoms with Crippen LogP contribution in [0, 0.1) is 0 Å². The Bertz CT molecular complexity index is 490. The molecule has 0 bridgehead atoms. The van der Waals surface area contributed by atoms with Crippen LogP contribution in [0.15, 0.2) is 36.4 Å². The van der Waals surface area contributed by atoms with E-state index in [2.05, 4.69) is 6.92 Å². The highest BCUT2D eigenvalue weighted by molar-refractivity contribution is 6.28. The normalized spacial score (nSPS) is 14.3. The molecule has 0 unspecified atom stereocenters. The van der Waals surface area contributed by atoms with E-state index >= 15 is 0 Å². The fraction of sp³-hybridized carbons (Fsp3) is 0.333. The fourth-order valence-electron chi connectivity index (χ4n) is 1.94. The van der Waals surface area contributed by atoms with Crippen molar-refractivity contribution in [1.29, 1.82) is 0 Å². The van der Waals surface area contributed by atoms with Gasteiger partial charge in [-0.05, 0) is 18.6 Å². The highest BCUT2D eigenvalue weighted by Gasteiger charge is 2.27. The molecule has 100 valence electrons. The predicted octanol–water partition coefficient (Wildman–Crippen LogP) is 2.69. The van der Waals surface area contributed by atoms with Crippen LogP contribution in [0.2, 0.25) is 0 Å². The molecule has 1 aromatic carbocycles. The SMILES string of the molecule is CCCCCOc1ccccc1N1C(=O)C=CC1=O. The van der Waals surface area contributed by atoms with Crippen LogP contribution in [0.3, 0.4) is 0 Å². The molecular formula is C15H17NO3. The van der Waals surface area contributed by atoms with Crippen molar-refractivity contribution in [3.05, 3.63) is 36.4 Å². The second-order valence-electron chi connectivity index (χ2n) is 4.37. The molecule has 0 aliphatic carbocycles. The van der Waals surface area contributed by atoms with E-state index in [0.29, 0.717) is 18.0 Å². The molecule has 19 heavy (non-hydrogen) atoms. The zero-order chi connectivity index (χ0) is 13.7. The second-order valence-corrected chi connectivity index (χ2v) is 4.37. The summed E-state index contributed by atoms with van der Waals surface area (Å²) in [6.07, 6.45) is 5.74. The quantitative estimate of drug-likeness (QED) is 0.583. The lowest BCUT2D eigenvalue weighted by atomic mass is 10.2. The molecule has 0 radical (unpaired) electrons. The van der Waals surface area contributed by atoms with Gasteiger partial charge in [0.25, 0.3) is 11.8 Å². The van der Waals surface area contributed by atoms with Crippen LogP contribution in [0.25, 0.3) is 0 Å². The Morgan fingerprint density at radius 2 is 1.74 bits per heavy atom. The van der Waals surface area contributed by atoms with Crippen LogP contribution in [0.1, 0.15) is 26.2 Å². The molecule has 0 saturated heterocycles. The largest absolute Gasteiger partial charge is 0.491 e. The van der Waals surface area contributed by atoms with Gasteiger partial charge in [0.15, 0.2) is 0 Å². The highest BCUT2D eigenvalue weighted by Crippen LogP contribution is 2.30. The van der Waals surface area contributed by atoms with E-state index in [1.165, 1.54) is 12.2 Å². The van der Waals surface area contributed by atoms with Crippen molar-refractivity contribution in [1.82, 2.24) is 0 Å². The van der Waals surface area contributed by atoms with Crippen molar-refractivity contribution in [2.75, 3.05) is 11.5 Å². The molecule has 1 aliphatic heterocycles. The van der Waals surface area contributed by atoms with Gasteiger partial charge in [-0.3, -0.25) is 9.59 Å². The zero-order valence-electron chi connectivity index (χ0n) is 11.0. The minimum absolute atomic E-state index is 0.324. The number of carbonyl (C=O) groups excluding carboxylic acids is 2. The number of anilines is 1. The number of amides is 2. The van der Waals surface area contributed by atoms with E-state index in [4.69, 9.17) is 4.74 Å². The van der Waals surface area contributed by atoms with Gasteiger partial charge in [0.1, 0.15) is 5.75 Å². The molecule has 2 amide bonds. The van der Waals surface area contributed by atoms with E-state index in [1.54, 1.807) is 18.2 Å². The Hall–Kier alpha value is -2.10. The summed E-state index contributed by atoms with van der Waals surface area (Å²) in [6, 6.07) is 7.11. The minimum Gasteiger partial charge on any atom is -0.491 e. The van der Waals surface area contributed by atoms with E-state index in [0.717, 1.165) is 24.2 Å². The van der Waals surface area contributed by atoms with E-state index < -0.39 is 0 Å². The molecule has 1 aromatic rings. The number of carbonyl (C=O) groups is 2. The predicted molar refractivity (Wildman–Crippen MR) is 73.1 cm³/mol. The number of imide groups is 1. The Labute approximate surface area is 112 Å². The first-order chi connectivity index (χ1) is 9.24. The Morgan fingerprint density at radius 1 is 1.05 bits per heavy atom. The lowest BCUT2D eigenvalue weighted by Gasteiger charge is -2.18. The molecule has 0 spiro atoms. The van der Waals surface area contributed by atoms with Gasteiger partial charge in [0.2, 0.25) is 0 Å². The number of nitrogens with zero attached hydrogens (tertiary/aromatic N) is 1. The molecule has 1 heterocycles. The summed E-state index contributed by atoms with van der Waals surface area (Å²) in [5.74, 6) is -0.0757. The third-order valence-electron chi connectivity index (χ3n) is 2.92. The summed E-state index contributed by atoms with van der Waals surface area (Å²) in [5, 5.41) is 0. The van der Waals surface area contributed by atoms with Gasteiger partial charge >= 0.3 is 0 Å². The summed E-state index contributed by atoms with van der Waals surface area (Å²) in [4.78, 5) is 24.5. The number of benzene rings is 1. The lowest BCUT2D eigenvalue weighted by Crippen LogP contribution is -2.30. The van der Waals surface area contributed by atoms with Crippen molar-refractivity contribution < 1.29 is 14.3 Å². The average molecular weight is 259 g/mol.